The number of benzene rings is 1. The van der Waals surface area contributed by atoms with Crippen molar-refractivity contribution in [3.8, 4) is 17.0 Å². The molecule has 0 amide bonds. The summed E-state index contributed by atoms with van der Waals surface area (Å²) < 4.78 is 0. The number of aromatic amines is 1. The summed E-state index contributed by atoms with van der Waals surface area (Å²) in [6.07, 6.45) is 1.24. The molecule has 0 radical (unpaired) electrons. The van der Waals surface area contributed by atoms with Crippen molar-refractivity contribution < 1.29 is 5.11 Å². The lowest BCUT2D eigenvalue weighted by molar-refractivity contribution is 0.372. The van der Waals surface area contributed by atoms with Crippen LogP contribution >= 0.6 is 0 Å². The lowest BCUT2D eigenvalue weighted by Crippen LogP contribution is -2.38. The van der Waals surface area contributed by atoms with Gasteiger partial charge in [0.15, 0.2) is 0 Å². The topological polar surface area (TPSA) is 92.0 Å². The number of aryl methyl sites for hydroxylation is 1. The Kier molecular flexibility index (Phi) is 4.14. The molecule has 0 aliphatic rings. The highest BCUT2D eigenvalue weighted by Gasteiger charge is 2.27. The average molecular weight is 287 g/mol. The molecule has 1 aromatic carbocycles. The number of nitrogens with two attached hydrogens (primary N) is 1. The Bertz CT molecular complexity index is 686. The monoisotopic (exact) mass is 287 g/mol. The van der Waals surface area contributed by atoms with Gasteiger partial charge < -0.3 is 15.8 Å². The molecule has 0 aliphatic carbocycles. The van der Waals surface area contributed by atoms with E-state index < -0.39 is 5.54 Å². The third-order valence-electron chi connectivity index (χ3n) is 3.97. The van der Waals surface area contributed by atoms with Crippen molar-refractivity contribution in [2.75, 3.05) is 0 Å². The minimum atomic E-state index is -0.734. The number of rotatable bonds is 4. The Labute approximate surface area is 123 Å². The van der Waals surface area contributed by atoms with Crippen LogP contribution in [-0.4, -0.2) is 15.1 Å². The van der Waals surface area contributed by atoms with Crippen molar-refractivity contribution in [1.29, 1.82) is 0 Å². The summed E-state index contributed by atoms with van der Waals surface area (Å²) in [6.45, 7) is 5.81. The molecule has 112 valence electrons. The molecule has 0 unspecified atom stereocenters. The Morgan fingerprint density at radius 3 is 2.29 bits per heavy atom. The molecule has 5 nitrogen and oxygen atoms in total. The SMILES string of the molecule is CCC(N)(CC)c1nc(O)c(-c2ccc(C)cc2)c(=O)[nH]1. The summed E-state index contributed by atoms with van der Waals surface area (Å²) in [4.78, 5) is 19.2. The molecule has 21 heavy (non-hydrogen) atoms. The summed E-state index contributed by atoms with van der Waals surface area (Å²) in [6, 6.07) is 7.34. The van der Waals surface area contributed by atoms with Crippen LogP contribution in [0.1, 0.15) is 38.1 Å². The number of hydrogen-bond donors (Lipinski definition) is 3. The van der Waals surface area contributed by atoms with Crippen molar-refractivity contribution in [2.24, 2.45) is 5.73 Å². The second-order valence-corrected chi connectivity index (χ2v) is 5.34. The Balaban J connectivity index is 2.57. The summed E-state index contributed by atoms with van der Waals surface area (Å²) in [5.41, 5.74) is 7.00. The first kappa shape index (κ1) is 15.3. The number of nitrogens with one attached hydrogen (secondary N) is 1. The lowest BCUT2D eigenvalue weighted by Gasteiger charge is -2.25. The molecule has 1 heterocycles. The lowest BCUT2D eigenvalue weighted by atomic mass is 9.93. The minimum Gasteiger partial charge on any atom is -0.493 e. The second-order valence-electron chi connectivity index (χ2n) is 5.34. The standard InChI is InChI=1S/C16H21N3O2/c1-4-16(17,5-2)15-18-13(20)12(14(21)19-15)11-8-6-10(3)7-9-11/h6-9H,4-5,17H2,1-3H3,(H2,18,19,20,21). The number of aromatic hydroxyl groups is 1. The van der Waals surface area contributed by atoms with Gasteiger partial charge in [-0.05, 0) is 25.3 Å². The molecule has 0 spiro atoms. The normalized spacial score (nSPS) is 11.6. The van der Waals surface area contributed by atoms with Gasteiger partial charge in [-0.25, -0.2) is 0 Å². The van der Waals surface area contributed by atoms with E-state index in [0.29, 0.717) is 24.2 Å². The van der Waals surface area contributed by atoms with Crippen LogP contribution in [0.5, 0.6) is 5.88 Å². The number of hydrogen-bond acceptors (Lipinski definition) is 4. The first-order valence-corrected chi connectivity index (χ1v) is 7.11. The van der Waals surface area contributed by atoms with E-state index in [1.165, 1.54) is 0 Å². The molecule has 0 saturated carbocycles. The predicted molar refractivity (Wildman–Crippen MR) is 83.1 cm³/mol. The number of H-pyrrole nitrogens is 1. The molecule has 0 fully saturated rings. The van der Waals surface area contributed by atoms with E-state index >= 15 is 0 Å². The zero-order chi connectivity index (χ0) is 15.6. The predicted octanol–water partition coefficient (Wildman–Crippen LogP) is 2.42. The maximum absolute atomic E-state index is 12.3. The third kappa shape index (κ3) is 2.83. The molecule has 2 aromatic rings. The maximum atomic E-state index is 12.3. The summed E-state index contributed by atoms with van der Waals surface area (Å²) in [5.74, 6) is 0.0418. The minimum absolute atomic E-state index is 0.174. The van der Waals surface area contributed by atoms with E-state index in [1.54, 1.807) is 12.1 Å². The van der Waals surface area contributed by atoms with E-state index in [4.69, 9.17) is 5.73 Å². The fourth-order valence-corrected chi connectivity index (χ4v) is 2.26. The molecular formula is C16H21N3O2. The van der Waals surface area contributed by atoms with E-state index in [2.05, 4.69) is 9.97 Å². The molecule has 0 bridgehead atoms. The van der Waals surface area contributed by atoms with E-state index in [0.717, 1.165) is 5.56 Å². The van der Waals surface area contributed by atoms with Gasteiger partial charge in [-0.1, -0.05) is 43.7 Å². The number of aromatic nitrogens is 2. The van der Waals surface area contributed by atoms with Crippen molar-refractivity contribution >= 4 is 0 Å². The summed E-state index contributed by atoms with van der Waals surface area (Å²) >= 11 is 0. The fourth-order valence-electron chi connectivity index (χ4n) is 2.26. The van der Waals surface area contributed by atoms with Crippen LogP contribution in [0.3, 0.4) is 0 Å². The van der Waals surface area contributed by atoms with Crippen LogP contribution in [0, 0.1) is 6.92 Å². The molecule has 1 aromatic heterocycles. The molecule has 4 N–H and O–H groups in total. The van der Waals surface area contributed by atoms with Crippen molar-refractivity contribution in [3.63, 3.8) is 0 Å². The van der Waals surface area contributed by atoms with Crippen molar-refractivity contribution in [2.45, 2.75) is 39.2 Å². The van der Waals surface area contributed by atoms with Crippen LogP contribution < -0.4 is 11.3 Å². The third-order valence-corrected chi connectivity index (χ3v) is 3.97. The molecular weight excluding hydrogens is 266 g/mol. The smallest absolute Gasteiger partial charge is 0.262 e. The van der Waals surface area contributed by atoms with Gasteiger partial charge in [0.25, 0.3) is 5.56 Å². The van der Waals surface area contributed by atoms with Gasteiger partial charge in [0.05, 0.1) is 5.54 Å². The molecule has 5 heteroatoms. The zero-order valence-electron chi connectivity index (χ0n) is 12.6. The van der Waals surface area contributed by atoms with Gasteiger partial charge in [-0.2, -0.15) is 4.98 Å². The highest BCUT2D eigenvalue weighted by Crippen LogP contribution is 2.27. The van der Waals surface area contributed by atoms with Gasteiger partial charge in [-0.3, -0.25) is 4.79 Å². The first-order chi connectivity index (χ1) is 9.91. The summed E-state index contributed by atoms with van der Waals surface area (Å²) in [7, 11) is 0. The Hall–Kier alpha value is -2.14. The second kappa shape index (κ2) is 5.69. The highest BCUT2D eigenvalue weighted by atomic mass is 16.3. The quantitative estimate of drug-likeness (QED) is 0.805. The molecule has 2 rings (SSSR count). The highest BCUT2D eigenvalue weighted by molar-refractivity contribution is 5.67. The Morgan fingerprint density at radius 2 is 1.81 bits per heavy atom. The van der Waals surface area contributed by atoms with Crippen molar-refractivity contribution in [3.05, 3.63) is 46.0 Å². The van der Waals surface area contributed by atoms with E-state index in [9.17, 15) is 9.90 Å². The first-order valence-electron chi connectivity index (χ1n) is 7.11. The van der Waals surface area contributed by atoms with Gasteiger partial charge in [-0.15, -0.1) is 0 Å². The number of nitrogens with zero attached hydrogens (tertiary/aromatic N) is 1. The van der Waals surface area contributed by atoms with Gasteiger partial charge in [0, 0.05) is 0 Å². The maximum Gasteiger partial charge on any atom is 0.262 e. The van der Waals surface area contributed by atoms with Gasteiger partial charge in [0.1, 0.15) is 11.4 Å². The van der Waals surface area contributed by atoms with Crippen LogP contribution in [0.15, 0.2) is 29.1 Å². The largest absolute Gasteiger partial charge is 0.493 e. The zero-order valence-corrected chi connectivity index (χ0v) is 12.6. The molecule has 0 atom stereocenters. The van der Waals surface area contributed by atoms with Gasteiger partial charge >= 0.3 is 0 Å². The van der Waals surface area contributed by atoms with E-state index in [1.807, 2.05) is 32.9 Å². The van der Waals surface area contributed by atoms with Gasteiger partial charge in [0.2, 0.25) is 5.88 Å². The molecule has 0 saturated heterocycles. The molecule has 0 aliphatic heterocycles. The average Bonchev–Trinajstić information content (AvgIpc) is 2.47. The van der Waals surface area contributed by atoms with Crippen LogP contribution in [0.25, 0.3) is 11.1 Å². The van der Waals surface area contributed by atoms with E-state index in [-0.39, 0.29) is 17.0 Å². The fraction of sp³-hybridized carbons (Fsp3) is 0.375. The van der Waals surface area contributed by atoms with Crippen LogP contribution in [0.4, 0.5) is 0 Å². The van der Waals surface area contributed by atoms with Crippen LogP contribution in [-0.2, 0) is 5.54 Å². The Morgan fingerprint density at radius 1 is 1.24 bits per heavy atom. The van der Waals surface area contributed by atoms with Crippen molar-refractivity contribution in [1.82, 2.24) is 9.97 Å². The summed E-state index contributed by atoms with van der Waals surface area (Å²) in [5, 5.41) is 10.2. The van der Waals surface area contributed by atoms with Crippen LogP contribution in [0.2, 0.25) is 0 Å².